The number of carbonyl (C=O) groups excluding carboxylic acids is 3. The Morgan fingerprint density at radius 1 is 0.306 bits per heavy atom. The van der Waals surface area contributed by atoms with Crippen LogP contribution in [-0.4, -0.2) is 37.2 Å². The van der Waals surface area contributed by atoms with Gasteiger partial charge in [-0.3, -0.25) is 14.4 Å². The van der Waals surface area contributed by atoms with Crippen LogP contribution < -0.4 is 0 Å². The lowest BCUT2D eigenvalue weighted by Gasteiger charge is -2.18. The highest BCUT2D eigenvalue weighted by molar-refractivity contribution is 5.71. The Balaban J connectivity index is 4.61. The number of hydrogen-bond donors (Lipinski definition) is 0. The standard InChI is InChI=1S/C66H102O6/c1-4-7-10-13-16-19-22-25-28-31-33-35-38-41-44-47-50-53-56-59-65(68)71-62-63(61-70-64(67)58-55-52-49-46-43-40-37-30-27-24-21-18-15-12-9-6-3)72-66(69)60-57-54-51-48-45-42-39-36-34-32-29-26-23-20-17-14-11-8-5-2/h7,9-10,12-13,16,18-19,21-22,25,27-28,30-35,38,40-41,43-44,49,52,63H,4-6,8,11,14-15,17,20,23-24,26,29,36-37,39,42,45-48,50-51,53-62H2,1-3H3/b10-7-,12-9-,16-13-,21-18-,22-19-,28-25-,30-27-,33-31+,34-32-,38-35-,43-40-,44-41-,52-49-. The number of ether oxygens (including phenoxy) is 3. The third-order valence-corrected chi connectivity index (χ3v) is 11.5. The first kappa shape index (κ1) is 67.0. The van der Waals surface area contributed by atoms with Crippen LogP contribution in [-0.2, 0) is 28.6 Å². The van der Waals surface area contributed by atoms with Crippen molar-refractivity contribution in [1.82, 2.24) is 0 Å². The molecule has 0 aromatic heterocycles. The van der Waals surface area contributed by atoms with Crippen LogP contribution in [0.1, 0.15) is 220 Å². The second-order valence-electron chi connectivity index (χ2n) is 18.3. The molecule has 0 aliphatic rings. The van der Waals surface area contributed by atoms with E-state index in [9.17, 15) is 14.4 Å². The summed E-state index contributed by atoms with van der Waals surface area (Å²) < 4.78 is 16.8. The van der Waals surface area contributed by atoms with E-state index in [0.29, 0.717) is 12.8 Å². The molecule has 6 nitrogen and oxygen atoms in total. The molecular formula is C66H102O6. The molecule has 0 heterocycles. The number of unbranched alkanes of at least 4 members (excludes halogenated alkanes) is 18. The van der Waals surface area contributed by atoms with Gasteiger partial charge in [0, 0.05) is 19.3 Å². The summed E-state index contributed by atoms with van der Waals surface area (Å²) in [6.45, 7) is 6.26. The average Bonchev–Trinajstić information content (AvgIpc) is 3.38. The molecule has 0 bridgehead atoms. The third kappa shape index (κ3) is 56.0. The van der Waals surface area contributed by atoms with Crippen LogP contribution in [0, 0.1) is 0 Å². The summed E-state index contributed by atoms with van der Waals surface area (Å²) in [5, 5.41) is 0. The largest absolute Gasteiger partial charge is 0.462 e. The first-order chi connectivity index (χ1) is 35.5. The van der Waals surface area contributed by atoms with E-state index < -0.39 is 6.10 Å². The van der Waals surface area contributed by atoms with Gasteiger partial charge in [0.05, 0.1) is 0 Å². The maximum atomic E-state index is 12.9. The smallest absolute Gasteiger partial charge is 0.306 e. The third-order valence-electron chi connectivity index (χ3n) is 11.5. The van der Waals surface area contributed by atoms with Gasteiger partial charge in [0.2, 0.25) is 0 Å². The minimum absolute atomic E-state index is 0.134. The summed E-state index contributed by atoms with van der Waals surface area (Å²) in [6, 6.07) is 0. The molecule has 0 saturated carbocycles. The van der Waals surface area contributed by atoms with Crippen LogP contribution in [0.15, 0.2) is 158 Å². The van der Waals surface area contributed by atoms with Gasteiger partial charge < -0.3 is 14.2 Å². The van der Waals surface area contributed by atoms with Crippen molar-refractivity contribution >= 4 is 17.9 Å². The number of hydrogen-bond acceptors (Lipinski definition) is 6. The van der Waals surface area contributed by atoms with Gasteiger partial charge >= 0.3 is 17.9 Å². The van der Waals surface area contributed by atoms with Crippen molar-refractivity contribution in [3.63, 3.8) is 0 Å². The molecule has 402 valence electrons. The highest BCUT2D eigenvalue weighted by atomic mass is 16.6. The molecule has 0 saturated heterocycles. The number of allylic oxidation sites excluding steroid dienone is 26. The van der Waals surface area contributed by atoms with Gasteiger partial charge in [0.15, 0.2) is 6.10 Å². The monoisotopic (exact) mass is 991 g/mol. The molecule has 1 atom stereocenters. The molecule has 0 aliphatic heterocycles. The Labute approximate surface area is 441 Å². The summed E-state index contributed by atoms with van der Waals surface area (Å²) in [5.74, 6) is -1.07. The molecule has 0 N–H and O–H groups in total. The molecule has 0 aromatic rings. The van der Waals surface area contributed by atoms with Gasteiger partial charge in [-0.1, -0.05) is 262 Å². The van der Waals surface area contributed by atoms with Crippen molar-refractivity contribution in [2.45, 2.75) is 226 Å². The fraction of sp³-hybridized carbons (Fsp3) is 0.561. The zero-order chi connectivity index (χ0) is 52.2. The Bertz CT molecular complexity index is 1660. The predicted octanol–water partition coefficient (Wildman–Crippen LogP) is 19.4. The van der Waals surface area contributed by atoms with Crippen LogP contribution in [0.2, 0.25) is 0 Å². The molecule has 0 radical (unpaired) electrons. The van der Waals surface area contributed by atoms with E-state index in [0.717, 1.165) is 77.0 Å². The molecule has 0 spiro atoms. The zero-order valence-corrected chi connectivity index (χ0v) is 45.9. The normalized spacial score (nSPS) is 13.3. The maximum absolute atomic E-state index is 12.9. The summed E-state index contributed by atoms with van der Waals surface area (Å²) in [4.78, 5) is 38.1. The summed E-state index contributed by atoms with van der Waals surface area (Å²) in [7, 11) is 0. The minimum Gasteiger partial charge on any atom is -0.462 e. The van der Waals surface area contributed by atoms with Crippen LogP contribution in [0.5, 0.6) is 0 Å². The lowest BCUT2D eigenvalue weighted by atomic mass is 10.1. The highest BCUT2D eigenvalue weighted by Gasteiger charge is 2.19. The van der Waals surface area contributed by atoms with E-state index in [1.165, 1.54) is 89.9 Å². The van der Waals surface area contributed by atoms with Crippen molar-refractivity contribution in [1.29, 1.82) is 0 Å². The minimum atomic E-state index is -0.838. The van der Waals surface area contributed by atoms with Crippen LogP contribution >= 0.6 is 0 Å². The Morgan fingerprint density at radius 2 is 0.639 bits per heavy atom. The molecule has 1 unspecified atom stereocenters. The van der Waals surface area contributed by atoms with Crippen LogP contribution in [0.4, 0.5) is 0 Å². The van der Waals surface area contributed by atoms with Crippen molar-refractivity contribution in [2.24, 2.45) is 0 Å². The molecule has 6 heteroatoms. The summed E-state index contributed by atoms with van der Waals surface area (Å²) >= 11 is 0. The van der Waals surface area contributed by atoms with Crippen molar-refractivity contribution < 1.29 is 28.6 Å². The second kappa shape index (κ2) is 58.6. The number of rotatable bonds is 49. The van der Waals surface area contributed by atoms with Gasteiger partial charge in [-0.2, -0.15) is 0 Å². The summed E-state index contributed by atoms with van der Waals surface area (Å²) in [5.41, 5.74) is 0. The van der Waals surface area contributed by atoms with Gasteiger partial charge in [0.1, 0.15) is 13.2 Å². The first-order valence-electron chi connectivity index (χ1n) is 28.6. The van der Waals surface area contributed by atoms with E-state index >= 15 is 0 Å². The van der Waals surface area contributed by atoms with E-state index in [4.69, 9.17) is 14.2 Å². The van der Waals surface area contributed by atoms with Crippen LogP contribution in [0.3, 0.4) is 0 Å². The van der Waals surface area contributed by atoms with Gasteiger partial charge in [-0.15, -0.1) is 0 Å². The Kier molecular flexibility index (Phi) is 54.6. The van der Waals surface area contributed by atoms with Gasteiger partial charge in [0.25, 0.3) is 0 Å². The lowest BCUT2D eigenvalue weighted by molar-refractivity contribution is -0.166. The molecule has 0 aromatic carbocycles. The van der Waals surface area contributed by atoms with E-state index in [1.54, 1.807) is 0 Å². The van der Waals surface area contributed by atoms with Crippen molar-refractivity contribution in [2.75, 3.05) is 13.2 Å². The molecular weight excluding hydrogens is 889 g/mol. The molecule has 0 aliphatic carbocycles. The number of carbonyl (C=O) groups is 3. The fourth-order valence-corrected chi connectivity index (χ4v) is 7.23. The lowest BCUT2D eigenvalue weighted by Crippen LogP contribution is -2.30. The average molecular weight is 992 g/mol. The quantitative estimate of drug-likeness (QED) is 0.0199. The van der Waals surface area contributed by atoms with Gasteiger partial charge in [-0.05, 0) is 96.3 Å². The second-order valence-corrected chi connectivity index (χ2v) is 18.3. The van der Waals surface area contributed by atoms with Crippen molar-refractivity contribution in [3.05, 3.63) is 158 Å². The van der Waals surface area contributed by atoms with Crippen molar-refractivity contribution in [3.8, 4) is 0 Å². The van der Waals surface area contributed by atoms with Crippen LogP contribution in [0.25, 0.3) is 0 Å². The molecule has 0 amide bonds. The molecule has 0 fully saturated rings. The predicted molar refractivity (Wildman–Crippen MR) is 311 cm³/mol. The molecule has 0 rings (SSSR count). The maximum Gasteiger partial charge on any atom is 0.306 e. The Hall–Kier alpha value is -4.97. The first-order valence-corrected chi connectivity index (χ1v) is 28.6. The van der Waals surface area contributed by atoms with E-state index in [1.807, 2.05) is 85.1 Å². The number of esters is 3. The zero-order valence-electron chi connectivity index (χ0n) is 45.9. The molecule has 72 heavy (non-hydrogen) atoms. The highest BCUT2D eigenvalue weighted by Crippen LogP contribution is 2.14. The topological polar surface area (TPSA) is 78.9 Å². The fourth-order valence-electron chi connectivity index (χ4n) is 7.23. The summed E-state index contributed by atoms with van der Waals surface area (Å²) in [6.07, 6.45) is 85.3. The van der Waals surface area contributed by atoms with E-state index in [2.05, 4.69) is 93.7 Å². The SMILES string of the molecule is CC\C=C/C=C\C=C/C=C\C=C\C=C/C=C\CCCCCC(=O)OCC(COC(=O)CC/C=C\C/C=C\C/C=C\C/C=C\C/C=C\CC)OC(=O)CCCCCCCCC/C=C\CCCCCCCCCC. The van der Waals surface area contributed by atoms with E-state index in [-0.39, 0.29) is 50.4 Å². The Morgan fingerprint density at radius 3 is 1.11 bits per heavy atom. The van der Waals surface area contributed by atoms with Gasteiger partial charge in [-0.25, -0.2) is 0 Å².